The molecule has 104 valence electrons. The zero-order chi connectivity index (χ0) is 14.0. The molecular weight excluding hydrogens is 265 g/mol. The summed E-state index contributed by atoms with van der Waals surface area (Å²) in [6, 6.07) is 0.453. The van der Waals surface area contributed by atoms with Crippen molar-refractivity contribution in [1.29, 1.82) is 0 Å². The number of nitrogens with zero attached hydrogens (tertiary/aromatic N) is 3. The summed E-state index contributed by atoms with van der Waals surface area (Å²) in [5.41, 5.74) is -1.04. The standard InChI is InChI=1S/C10H11F3N4O2/c11-10(12,13)7-1-3-14-8(16-7)15-6-2-4-17(5-6)9(18)19/h1,3,6H,2,4-5H2,(H,18,19)(H,14,15,16)/p-1. The van der Waals surface area contributed by atoms with Gasteiger partial charge in [0.2, 0.25) is 5.95 Å². The molecule has 0 radical (unpaired) electrons. The molecule has 1 aromatic rings. The number of amides is 1. The molecule has 9 heteroatoms. The van der Waals surface area contributed by atoms with Crippen LogP contribution in [0.5, 0.6) is 0 Å². The number of anilines is 1. The molecule has 1 atom stereocenters. The Hall–Kier alpha value is -2.06. The zero-order valence-electron chi connectivity index (χ0n) is 9.65. The fourth-order valence-electron chi connectivity index (χ4n) is 1.81. The normalized spacial score (nSPS) is 19.5. The molecule has 0 bridgehead atoms. The van der Waals surface area contributed by atoms with Gasteiger partial charge in [-0.1, -0.05) is 0 Å². The van der Waals surface area contributed by atoms with E-state index in [1.54, 1.807) is 0 Å². The second-order valence-corrected chi connectivity index (χ2v) is 4.11. The number of hydrogen-bond donors (Lipinski definition) is 1. The van der Waals surface area contributed by atoms with Gasteiger partial charge in [-0.2, -0.15) is 13.2 Å². The van der Waals surface area contributed by atoms with Gasteiger partial charge in [0.25, 0.3) is 0 Å². The van der Waals surface area contributed by atoms with E-state index in [1.165, 1.54) is 0 Å². The summed E-state index contributed by atoms with van der Waals surface area (Å²) >= 11 is 0. The molecule has 6 nitrogen and oxygen atoms in total. The van der Waals surface area contributed by atoms with Crippen molar-refractivity contribution in [2.24, 2.45) is 0 Å². The molecule has 1 aliphatic rings. The van der Waals surface area contributed by atoms with E-state index < -0.39 is 18.0 Å². The Morgan fingerprint density at radius 3 is 2.84 bits per heavy atom. The Morgan fingerprint density at radius 1 is 1.53 bits per heavy atom. The number of rotatable bonds is 2. The van der Waals surface area contributed by atoms with E-state index >= 15 is 0 Å². The number of aromatic nitrogens is 2. The molecule has 2 heterocycles. The Morgan fingerprint density at radius 2 is 2.26 bits per heavy atom. The lowest BCUT2D eigenvalue weighted by Gasteiger charge is -2.19. The van der Waals surface area contributed by atoms with Crippen molar-refractivity contribution in [3.05, 3.63) is 18.0 Å². The fraction of sp³-hybridized carbons (Fsp3) is 0.500. The highest BCUT2D eigenvalue weighted by Gasteiger charge is 2.33. The fourth-order valence-corrected chi connectivity index (χ4v) is 1.81. The maximum atomic E-state index is 12.4. The van der Waals surface area contributed by atoms with Crippen LogP contribution in [0.2, 0.25) is 0 Å². The number of hydrogen-bond acceptors (Lipinski definition) is 5. The highest BCUT2D eigenvalue weighted by Crippen LogP contribution is 2.27. The van der Waals surface area contributed by atoms with Gasteiger partial charge in [-0.25, -0.2) is 9.97 Å². The Balaban J connectivity index is 2.03. The van der Waals surface area contributed by atoms with Gasteiger partial charge < -0.3 is 20.1 Å². The van der Waals surface area contributed by atoms with Gasteiger partial charge in [0.15, 0.2) is 0 Å². The average Bonchev–Trinajstić information content (AvgIpc) is 2.77. The van der Waals surface area contributed by atoms with Crippen LogP contribution in [0.4, 0.5) is 23.9 Å². The smallest absolute Gasteiger partial charge is 0.433 e. The summed E-state index contributed by atoms with van der Waals surface area (Å²) in [4.78, 5) is 18.7. The van der Waals surface area contributed by atoms with E-state index in [-0.39, 0.29) is 25.1 Å². The summed E-state index contributed by atoms with van der Waals surface area (Å²) in [7, 11) is 0. The van der Waals surface area contributed by atoms with Gasteiger partial charge in [0, 0.05) is 25.3 Å². The van der Waals surface area contributed by atoms with Gasteiger partial charge in [-0.15, -0.1) is 0 Å². The van der Waals surface area contributed by atoms with Crippen LogP contribution in [0, 0.1) is 0 Å². The van der Waals surface area contributed by atoms with E-state index in [0.717, 1.165) is 17.2 Å². The van der Waals surface area contributed by atoms with Gasteiger partial charge in [-0.3, -0.25) is 0 Å². The van der Waals surface area contributed by atoms with Crippen molar-refractivity contribution < 1.29 is 23.1 Å². The Labute approximate surface area is 106 Å². The molecule has 2 rings (SSSR count). The molecule has 0 saturated carbocycles. The third kappa shape index (κ3) is 3.24. The molecule has 1 aromatic heterocycles. The largest absolute Gasteiger partial charge is 0.530 e. The van der Waals surface area contributed by atoms with Gasteiger partial charge in [0.1, 0.15) is 11.8 Å². The van der Waals surface area contributed by atoms with Gasteiger partial charge >= 0.3 is 6.18 Å². The van der Waals surface area contributed by atoms with Crippen LogP contribution in [0.15, 0.2) is 12.3 Å². The molecule has 1 saturated heterocycles. The quantitative estimate of drug-likeness (QED) is 0.841. The third-order valence-corrected chi connectivity index (χ3v) is 2.73. The minimum atomic E-state index is -4.54. The molecule has 0 aliphatic carbocycles. The maximum Gasteiger partial charge on any atom is 0.433 e. The second-order valence-electron chi connectivity index (χ2n) is 4.11. The molecule has 0 spiro atoms. The van der Waals surface area contributed by atoms with Crippen molar-refractivity contribution in [1.82, 2.24) is 14.9 Å². The van der Waals surface area contributed by atoms with E-state index in [1.807, 2.05) is 0 Å². The van der Waals surface area contributed by atoms with Crippen LogP contribution in [0.25, 0.3) is 0 Å². The van der Waals surface area contributed by atoms with Crippen LogP contribution in [-0.2, 0) is 6.18 Å². The SMILES string of the molecule is O=C([O-])N1CCC(Nc2nccc(C(F)(F)F)n2)C1. The predicted molar refractivity (Wildman–Crippen MR) is 56.0 cm³/mol. The van der Waals surface area contributed by atoms with Crippen LogP contribution in [0.1, 0.15) is 12.1 Å². The lowest BCUT2D eigenvalue weighted by Crippen LogP contribution is -2.40. The van der Waals surface area contributed by atoms with Gasteiger partial charge in [-0.05, 0) is 12.5 Å². The highest BCUT2D eigenvalue weighted by molar-refractivity contribution is 5.63. The molecule has 1 aliphatic heterocycles. The first-order valence-electron chi connectivity index (χ1n) is 5.49. The van der Waals surface area contributed by atoms with E-state index in [0.29, 0.717) is 6.42 Å². The van der Waals surface area contributed by atoms with Crippen LogP contribution in [-0.4, -0.2) is 40.1 Å². The van der Waals surface area contributed by atoms with Gasteiger partial charge in [0.05, 0.1) is 0 Å². The average molecular weight is 275 g/mol. The Bertz CT molecular complexity index is 480. The van der Waals surface area contributed by atoms with Crippen molar-refractivity contribution in [3.8, 4) is 0 Å². The lowest BCUT2D eigenvalue weighted by atomic mass is 10.3. The predicted octanol–water partition coefficient (Wildman–Crippen LogP) is 0.325. The number of halogens is 3. The first kappa shape index (κ1) is 13.4. The molecule has 1 fully saturated rings. The molecule has 0 aromatic carbocycles. The maximum absolute atomic E-state index is 12.4. The number of likely N-dealkylation sites (tertiary alicyclic amines) is 1. The number of carbonyl (C=O) groups excluding carboxylic acids is 1. The zero-order valence-corrected chi connectivity index (χ0v) is 9.65. The van der Waals surface area contributed by atoms with E-state index in [2.05, 4.69) is 15.3 Å². The molecule has 19 heavy (non-hydrogen) atoms. The first-order chi connectivity index (χ1) is 8.86. The monoisotopic (exact) mass is 275 g/mol. The Kier molecular flexibility index (Phi) is 3.45. The molecule has 1 N–H and O–H groups in total. The summed E-state index contributed by atoms with van der Waals surface area (Å²) in [5.74, 6) is -0.167. The molecule has 1 amide bonds. The number of nitrogens with one attached hydrogen (secondary N) is 1. The van der Waals surface area contributed by atoms with Crippen LogP contribution in [0.3, 0.4) is 0 Å². The van der Waals surface area contributed by atoms with Crippen molar-refractivity contribution in [3.63, 3.8) is 0 Å². The number of alkyl halides is 3. The van der Waals surface area contributed by atoms with Crippen molar-refractivity contribution in [2.75, 3.05) is 18.4 Å². The highest BCUT2D eigenvalue weighted by atomic mass is 19.4. The van der Waals surface area contributed by atoms with Crippen molar-refractivity contribution >= 4 is 12.0 Å². The van der Waals surface area contributed by atoms with Crippen LogP contribution >= 0.6 is 0 Å². The lowest BCUT2D eigenvalue weighted by molar-refractivity contribution is -0.264. The number of carboxylic acid groups (broad SMARTS) is 1. The summed E-state index contributed by atoms with van der Waals surface area (Å²) in [5, 5.41) is 13.3. The minimum Gasteiger partial charge on any atom is -0.530 e. The van der Waals surface area contributed by atoms with E-state index in [4.69, 9.17) is 0 Å². The molecular formula is C10H10F3N4O2-. The summed E-state index contributed by atoms with van der Waals surface area (Å²) in [6.07, 6.45) is -4.36. The third-order valence-electron chi connectivity index (χ3n) is 2.73. The first-order valence-corrected chi connectivity index (χ1v) is 5.49. The topological polar surface area (TPSA) is 81.2 Å². The molecule has 1 unspecified atom stereocenters. The second kappa shape index (κ2) is 4.90. The number of carbonyl (C=O) groups is 1. The summed E-state index contributed by atoms with van der Waals surface area (Å²) in [6.45, 7) is 0.418. The van der Waals surface area contributed by atoms with E-state index in [9.17, 15) is 23.1 Å². The van der Waals surface area contributed by atoms with Crippen molar-refractivity contribution in [2.45, 2.75) is 18.6 Å². The van der Waals surface area contributed by atoms with Crippen LogP contribution < -0.4 is 10.4 Å². The minimum absolute atomic E-state index is 0.141. The summed E-state index contributed by atoms with van der Waals surface area (Å²) < 4.78 is 37.3.